The minimum Gasteiger partial charge on any atom is -0.348 e. The molecule has 0 fully saturated rings. The predicted molar refractivity (Wildman–Crippen MR) is 110 cm³/mol. The Morgan fingerprint density at radius 2 is 1.79 bits per heavy atom. The molecule has 140 valence electrons. The third kappa shape index (κ3) is 3.51. The zero-order valence-electron chi connectivity index (χ0n) is 16.0. The molecule has 0 aliphatic carbocycles. The zero-order chi connectivity index (χ0) is 19.5. The number of benzene rings is 2. The third-order valence-corrected chi connectivity index (χ3v) is 4.81. The number of nitrogens with zero attached hydrogens (tertiary/aromatic N) is 3. The third-order valence-electron chi connectivity index (χ3n) is 4.81. The second kappa shape index (κ2) is 7.64. The smallest absolute Gasteiger partial charge is 0.257 e. The Morgan fingerprint density at radius 1 is 1.04 bits per heavy atom. The summed E-state index contributed by atoms with van der Waals surface area (Å²) in [6.07, 6.45) is 3.30. The van der Waals surface area contributed by atoms with Crippen LogP contribution in [0.3, 0.4) is 0 Å². The molecule has 2 heterocycles. The van der Waals surface area contributed by atoms with Crippen molar-refractivity contribution in [3.8, 4) is 11.3 Å². The molecule has 2 aromatic heterocycles. The molecule has 0 aliphatic heterocycles. The van der Waals surface area contributed by atoms with E-state index in [1.165, 1.54) is 5.56 Å². The normalized spacial score (nSPS) is 11.1. The zero-order valence-corrected chi connectivity index (χ0v) is 16.0. The van der Waals surface area contributed by atoms with E-state index in [-0.39, 0.29) is 5.91 Å². The minimum atomic E-state index is -0.182. The fraction of sp³-hybridized carbons (Fsp3) is 0.174. The van der Waals surface area contributed by atoms with Crippen LogP contribution in [0.1, 0.15) is 41.3 Å². The van der Waals surface area contributed by atoms with Gasteiger partial charge in [-0.25, -0.2) is 9.50 Å². The standard InChI is InChI=1S/C23H22N4O/c1-16(2)18-8-10-19(11-9-18)21-12-13-24-22-20(15-26-27(21)22)23(28)25-14-17-6-4-3-5-7-17/h3-13,15-16H,14H2,1-2H3,(H,25,28). The summed E-state index contributed by atoms with van der Waals surface area (Å²) in [5.41, 5.74) is 5.30. The van der Waals surface area contributed by atoms with Gasteiger partial charge in [0.25, 0.3) is 5.91 Å². The van der Waals surface area contributed by atoms with E-state index >= 15 is 0 Å². The number of hydrogen-bond donors (Lipinski definition) is 1. The Kier molecular flexibility index (Phi) is 4.89. The molecule has 28 heavy (non-hydrogen) atoms. The summed E-state index contributed by atoms with van der Waals surface area (Å²) >= 11 is 0. The Labute approximate surface area is 164 Å². The number of fused-ring (bicyclic) bond motifs is 1. The molecular weight excluding hydrogens is 348 g/mol. The van der Waals surface area contributed by atoms with Gasteiger partial charge < -0.3 is 5.32 Å². The van der Waals surface area contributed by atoms with Crippen molar-refractivity contribution in [2.75, 3.05) is 0 Å². The molecule has 1 amide bonds. The van der Waals surface area contributed by atoms with Crippen LogP contribution in [-0.4, -0.2) is 20.5 Å². The second-order valence-electron chi connectivity index (χ2n) is 7.07. The van der Waals surface area contributed by atoms with Crippen LogP contribution >= 0.6 is 0 Å². The van der Waals surface area contributed by atoms with Crippen LogP contribution in [0.15, 0.2) is 73.1 Å². The first-order chi connectivity index (χ1) is 13.6. The molecule has 0 spiro atoms. The SMILES string of the molecule is CC(C)c1ccc(-c2ccnc3c(C(=O)NCc4ccccc4)cnn23)cc1. The van der Waals surface area contributed by atoms with Gasteiger partial charge in [-0.3, -0.25) is 4.79 Å². The van der Waals surface area contributed by atoms with Crippen LogP contribution in [0.5, 0.6) is 0 Å². The maximum Gasteiger partial charge on any atom is 0.257 e. The fourth-order valence-corrected chi connectivity index (χ4v) is 3.18. The number of carbonyl (C=O) groups excluding carboxylic acids is 1. The van der Waals surface area contributed by atoms with Gasteiger partial charge >= 0.3 is 0 Å². The lowest BCUT2D eigenvalue weighted by molar-refractivity contribution is 0.0952. The number of aromatic nitrogens is 3. The van der Waals surface area contributed by atoms with E-state index in [9.17, 15) is 4.79 Å². The summed E-state index contributed by atoms with van der Waals surface area (Å²) in [7, 11) is 0. The van der Waals surface area contributed by atoms with Crippen molar-refractivity contribution in [3.63, 3.8) is 0 Å². The van der Waals surface area contributed by atoms with Crippen molar-refractivity contribution >= 4 is 11.6 Å². The van der Waals surface area contributed by atoms with E-state index in [0.29, 0.717) is 23.7 Å². The maximum absolute atomic E-state index is 12.7. The van der Waals surface area contributed by atoms with E-state index in [1.54, 1.807) is 16.9 Å². The highest BCUT2D eigenvalue weighted by Gasteiger charge is 2.16. The molecular formula is C23H22N4O. The summed E-state index contributed by atoms with van der Waals surface area (Å²) < 4.78 is 1.72. The first-order valence-electron chi connectivity index (χ1n) is 9.38. The van der Waals surface area contributed by atoms with Gasteiger partial charge in [-0.15, -0.1) is 0 Å². The fourth-order valence-electron chi connectivity index (χ4n) is 3.18. The van der Waals surface area contributed by atoms with Gasteiger partial charge in [0.2, 0.25) is 0 Å². The summed E-state index contributed by atoms with van der Waals surface area (Å²) in [5.74, 6) is 0.301. The van der Waals surface area contributed by atoms with Crippen molar-refractivity contribution in [1.29, 1.82) is 0 Å². The molecule has 1 N–H and O–H groups in total. The van der Waals surface area contributed by atoms with Gasteiger partial charge in [0.15, 0.2) is 5.65 Å². The summed E-state index contributed by atoms with van der Waals surface area (Å²) in [6, 6.07) is 20.2. The molecule has 0 aliphatic rings. The van der Waals surface area contributed by atoms with Crippen LogP contribution in [0.2, 0.25) is 0 Å². The van der Waals surface area contributed by atoms with Crippen molar-refractivity contribution in [2.45, 2.75) is 26.3 Å². The van der Waals surface area contributed by atoms with E-state index < -0.39 is 0 Å². The van der Waals surface area contributed by atoms with Crippen molar-refractivity contribution < 1.29 is 4.79 Å². The highest BCUT2D eigenvalue weighted by atomic mass is 16.1. The van der Waals surface area contributed by atoms with Crippen molar-refractivity contribution in [2.24, 2.45) is 0 Å². The van der Waals surface area contributed by atoms with E-state index in [2.05, 4.69) is 53.5 Å². The molecule has 2 aromatic carbocycles. The van der Waals surface area contributed by atoms with Gasteiger partial charge in [-0.05, 0) is 23.1 Å². The highest BCUT2D eigenvalue weighted by molar-refractivity contribution is 5.99. The lowest BCUT2D eigenvalue weighted by Crippen LogP contribution is -2.22. The predicted octanol–water partition coefficient (Wildman–Crippen LogP) is 4.45. The summed E-state index contributed by atoms with van der Waals surface area (Å²) in [6.45, 7) is 4.81. The molecule has 5 heteroatoms. The van der Waals surface area contributed by atoms with Crippen LogP contribution < -0.4 is 5.32 Å². The molecule has 0 saturated carbocycles. The second-order valence-corrected chi connectivity index (χ2v) is 7.07. The van der Waals surface area contributed by atoms with Crippen LogP contribution in [0.4, 0.5) is 0 Å². The first-order valence-corrected chi connectivity index (χ1v) is 9.38. The topological polar surface area (TPSA) is 59.3 Å². The molecule has 0 saturated heterocycles. The lowest BCUT2D eigenvalue weighted by Gasteiger charge is -2.08. The van der Waals surface area contributed by atoms with Gasteiger partial charge in [0.05, 0.1) is 11.9 Å². The number of nitrogens with one attached hydrogen (secondary N) is 1. The van der Waals surface area contributed by atoms with Gasteiger partial charge in [-0.2, -0.15) is 5.10 Å². The highest BCUT2D eigenvalue weighted by Crippen LogP contribution is 2.23. The van der Waals surface area contributed by atoms with Crippen LogP contribution in [-0.2, 0) is 6.54 Å². The van der Waals surface area contributed by atoms with Crippen molar-refractivity contribution in [3.05, 3.63) is 89.7 Å². The number of carbonyl (C=O) groups is 1. The molecule has 5 nitrogen and oxygen atoms in total. The monoisotopic (exact) mass is 370 g/mol. The molecule has 0 atom stereocenters. The van der Waals surface area contributed by atoms with Crippen LogP contribution in [0.25, 0.3) is 16.9 Å². The van der Waals surface area contributed by atoms with Crippen LogP contribution in [0, 0.1) is 0 Å². The maximum atomic E-state index is 12.7. The largest absolute Gasteiger partial charge is 0.348 e. The Balaban J connectivity index is 1.62. The Hall–Kier alpha value is -3.47. The van der Waals surface area contributed by atoms with E-state index in [4.69, 9.17) is 0 Å². The number of hydrogen-bond acceptors (Lipinski definition) is 3. The lowest BCUT2D eigenvalue weighted by atomic mass is 10.0. The Bertz CT molecular complexity index is 1100. The summed E-state index contributed by atoms with van der Waals surface area (Å²) in [4.78, 5) is 17.0. The quantitative estimate of drug-likeness (QED) is 0.565. The average Bonchev–Trinajstić information content (AvgIpc) is 3.17. The molecule has 4 aromatic rings. The van der Waals surface area contributed by atoms with Gasteiger partial charge in [0, 0.05) is 18.3 Å². The molecule has 0 bridgehead atoms. The Morgan fingerprint density at radius 3 is 2.50 bits per heavy atom. The van der Waals surface area contributed by atoms with E-state index in [0.717, 1.165) is 16.8 Å². The average molecular weight is 370 g/mol. The van der Waals surface area contributed by atoms with E-state index in [1.807, 2.05) is 36.4 Å². The number of rotatable bonds is 5. The first kappa shape index (κ1) is 17.9. The van der Waals surface area contributed by atoms with Gasteiger partial charge in [-0.1, -0.05) is 68.4 Å². The summed E-state index contributed by atoms with van der Waals surface area (Å²) in [5, 5.41) is 7.36. The molecule has 0 unspecified atom stereocenters. The number of amides is 1. The molecule has 0 radical (unpaired) electrons. The van der Waals surface area contributed by atoms with Gasteiger partial charge in [0.1, 0.15) is 5.56 Å². The minimum absolute atomic E-state index is 0.182. The molecule has 4 rings (SSSR count). The van der Waals surface area contributed by atoms with Crippen molar-refractivity contribution in [1.82, 2.24) is 19.9 Å².